The Morgan fingerprint density at radius 1 is 1.38 bits per heavy atom. The van der Waals surface area contributed by atoms with Gasteiger partial charge in [0.05, 0.1) is 12.1 Å². The van der Waals surface area contributed by atoms with Crippen LogP contribution in [0.3, 0.4) is 0 Å². The van der Waals surface area contributed by atoms with Gasteiger partial charge in [-0.25, -0.2) is 0 Å². The zero-order valence-corrected chi connectivity index (χ0v) is 7.86. The fourth-order valence-corrected chi connectivity index (χ4v) is 1.25. The Kier molecular flexibility index (Phi) is 6.55. The van der Waals surface area contributed by atoms with Gasteiger partial charge in [-0.15, -0.1) is 0 Å². The topological polar surface area (TPSA) is 64.7 Å². The van der Waals surface area contributed by atoms with E-state index in [4.69, 9.17) is 10.5 Å². The van der Waals surface area contributed by atoms with Crippen molar-refractivity contribution in [1.29, 1.82) is 10.5 Å². The first-order valence-electron chi connectivity index (χ1n) is 4.53. The summed E-state index contributed by atoms with van der Waals surface area (Å²) < 4.78 is 0. The van der Waals surface area contributed by atoms with Gasteiger partial charge in [-0.1, -0.05) is 19.8 Å². The van der Waals surface area contributed by atoms with E-state index in [1.807, 2.05) is 19.1 Å². The fourth-order valence-electron chi connectivity index (χ4n) is 1.25. The summed E-state index contributed by atoms with van der Waals surface area (Å²) in [6, 6.07) is 3.85. The molecule has 3 heteroatoms. The minimum absolute atomic E-state index is 0.0764. The molecule has 0 fully saturated rings. The lowest BCUT2D eigenvalue weighted by atomic mass is 9.88. The SMILES string of the molecule is CCCCC(CC=O)C(C#N)C#N. The van der Waals surface area contributed by atoms with E-state index in [1.165, 1.54) is 0 Å². The second kappa shape index (κ2) is 7.31. The molecule has 1 atom stereocenters. The monoisotopic (exact) mass is 178 g/mol. The van der Waals surface area contributed by atoms with Crippen LogP contribution in [-0.4, -0.2) is 6.29 Å². The summed E-state index contributed by atoms with van der Waals surface area (Å²) in [5, 5.41) is 17.3. The van der Waals surface area contributed by atoms with Crippen LogP contribution in [0.2, 0.25) is 0 Å². The van der Waals surface area contributed by atoms with Crippen molar-refractivity contribution in [3.05, 3.63) is 0 Å². The van der Waals surface area contributed by atoms with Gasteiger partial charge in [0.15, 0.2) is 0 Å². The Morgan fingerprint density at radius 2 is 2.00 bits per heavy atom. The van der Waals surface area contributed by atoms with Crippen LogP contribution in [0.15, 0.2) is 0 Å². The molecule has 0 amide bonds. The fraction of sp³-hybridized carbons (Fsp3) is 0.700. The summed E-state index contributed by atoms with van der Waals surface area (Å²) >= 11 is 0. The minimum Gasteiger partial charge on any atom is -0.303 e. The molecule has 0 saturated heterocycles. The Morgan fingerprint density at radius 3 is 2.38 bits per heavy atom. The summed E-state index contributed by atoms with van der Waals surface area (Å²) in [6.07, 6.45) is 3.91. The first kappa shape index (κ1) is 11.6. The van der Waals surface area contributed by atoms with Crippen LogP contribution in [0.4, 0.5) is 0 Å². The number of carbonyl (C=O) groups excluding carboxylic acids is 1. The molecule has 0 bridgehead atoms. The Labute approximate surface area is 79.0 Å². The van der Waals surface area contributed by atoms with Crippen LogP contribution < -0.4 is 0 Å². The van der Waals surface area contributed by atoms with E-state index >= 15 is 0 Å². The van der Waals surface area contributed by atoms with E-state index in [0.717, 1.165) is 25.5 Å². The number of nitrogens with zero attached hydrogens (tertiary/aromatic N) is 2. The molecule has 0 heterocycles. The van der Waals surface area contributed by atoms with Crippen LogP contribution in [0.1, 0.15) is 32.6 Å². The van der Waals surface area contributed by atoms with Crippen molar-refractivity contribution in [2.45, 2.75) is 32.6 Å². The maximum Gasteiger partial charge on any atom is 0.136 e. The van der Waals surface area contributed by atoms with Gasteiger partial charge in [0.1, 0.15) is 12.2 Å². The van der Waals surface area contributed by atoms with Crippen LogP contribution in [0, 0.1) is 34.5 Å². The van der Waals surface area contributed by atoms with Crippen molar-refractivity contribution in [3.8, 4) is 12.1 Å². The quantitative estimate of drug-likeness (QED) is 0.584. The predicted molar refractivity (Wildman–Crippen MR) is 48.4 cm³/mol. The summed E-state index contributed by atoms with van der Waals surface area (Å²) in [4.78, 5) is 10.3. The average Bonchev–Trinajstić information content (AvgIpc) is 2.16. The van der Waals surface area contributed by atoms with Gasteiger partial charge in [0.25, 0.3) is 0 Å². The van der Waals surface area contributed by atoms with Crippen molar-refractivity contribution in [2.75, 3.05) is 0 Å². The van der Waals surface area contributed by atoms with Crippen molar-refractivity contribution in [2.24, 2.45) is 11.8 Å². The number of nitriles is 2. The average molecular weight is 178 g/mol. The van der Waals surface area contributed by atoms with E-state index in [-0.39, 0.29) is 5.92 Å². The maximum atomic E-state index is 10.3. The molecule has 13 heavy (non-hydrogen) atoms. The molecule has 0 radical (unpaired) electrons. The van der Waals surface area contributed by atoms with Gasteiger partial charge in [-0.2, -0.15) is 10.5 Å². The van der Waals surface area contributed by atoms with Gasteiger partial charge in [-0.3, -0.25) is 0 Å². The Balaban J connectivity index is 4.15. The number of hydrogen-bond donors (Lipinski definition) is 0. The molecule has 3 nitrogen and oxygen atoms in total. The van der Waals surface area contributed by atoms with Gasteiger partial charge in [0.2, 0.25) is 0 Å². The molecule has 0 aromatic carbocycles. The number of hydrogen-bond acceptors (Lipinski definition) is 3. The molecular formula is C10H14N2O. The van der Waals surface area contributed by atoms with Crippen molar-refractivity contribution < 1.29 is 4.79 Å². The van der Waals surface area contributed by atoms with Crippen LogP contribution >= 0.6 is 0 Å². The van der Waals surface area contributed by atoms with Crippen LogP contribution in [-0.2, 0) is 4.79 Å². The molecule has 0 aliphatic heterocycles. The van der Waals surface area contributed by atoms with Gasteiger partial charge in [0, 0.05) is 6.42 Å². The highest BCUT2D eigenvalue weighted by atomic mass is 16.1. The Bertz CT molecular complexity index is 210. The smallest absolute Gasteiger partial charge is 0.136 e. The lowest BCUT2D eigenvalue weighted by Gasteiger charge is -2.12. The molecule has 0 aliphatic carbocycles. The lowest BCUT2D eigenvalue weighted by molar-refractivity contribution is -0.108. The van der Waals surface area contributed by atoms with Crippen LogP contribution in [0.25, 0.3) is 0 Å². The van der Waals surface area contributed by atoms with Gasteiger partial charge < -0.3 is 4.79 Å². The van der Waals surface area contributed by atoms with E-state index in [2.05, 4.69) is 0 Å². The summed E-state index contributed by atoms with van der Waals surface area (Å²) in [6.45, 7) is 2.05. The first-order valence-corrected chi connectivity index (χ1v) is 4.53. The molecule has 0 aliphatic rings. The minimum atomic E-state index is -0.628. The third-order valence-corrected chi connectivity index (χ3v) is 2.08. The highest BCUT2D eigenvalue weighted by Gasteiger charge is 2.19. The van der Waals surface area contributed by atoms with E-state index in [1.54, 1.807) is 0 Å². The molecule has 0 aromatic rings. The molecular weight excluding hydrogens is 164 g/mol. The zero-order valence-electron chi connectivity index (χ0n) is 7.86. The molecule has 0 aromatic heterocycles. The maximum absolute atomic E-state index is 10.3. The normalized spacial score (nSPS) is 11.7. The second-order valence-electron chi connectivity index (χ2n) is 3.04. The summed E-state index contributed by atoms with van der Waals surface area (Å²) in [5.41, 5.74) is 0. The predicted octanol–water partition coefficient (Wildman–Crippen LogP) is 2.05. The Hall–Kier alpha value is -1.35. The van der Waals surface area contributed by atoms with E-state index in [9.17, 15) is 4.79 Å². The van der Waals surface area contributed by atoms with Crippen LogP contribution in [0.5, 0.6) is 0 Å². The van der Waals surface area contributed by atoms with E-state index in [0.29, 0.717) is 6.42 Å². The highest BCUT2D eigenvalue weighted by Crippen LogP contribution is 2.20. The zero-order chi connectivity index (χ0) is 10.1. The van der Waals surface area contributed by atoms with Gasteiger partial charge >= 0.3 is 0 Å². The third-order valence-electron chi connectivity index (χ3n) is 2.08. The number of rotatable bonds is 6. The van der Waals surface area contributed by atoms with E-state index < -0.39 is 5.92 Å². The van der Waals surface area contributed by atoms with Crippen molar-refractivity contribution in [1.82, 2.24) is 0 Å². The lowest BCUT2D eigenvalue weighted by Crippen LogP contribution is -2.12. The third kappa shape index (κ3) is 4.28. The number of carbonyl (C=O) groups is 1. The molecule has 1 unspecified atom stereocenters. The van der Waals surface area contributed by atoms with Crippen molar-refractivity contribution >= 4 is 6.29 Å². The number of unbranched alkanes of at least 4 members (excludes halogenated alkanes) is 1. The van der Waals surface area contributed by atoms with Gasteiger partial charge in [-0.05, 0) is 12.3 Å². The molecule has 0 spiro atoms. The molecule has 0 N–H and O–H groups in total. The standard InChI is InChI=1S/C10H14N2O/c1-2-3-4-9(5-6-13)10(7-11)8-12/h6,9-10H,2-5H2,1H3. The largest absolute Gasteiger partial charge is 0.303 e. The molecule has 70 valence electrons. The number of aldehydes is 1. The molecule has 0 saturated carbocycles. The second-order valence-corrected chi connectivity index (χ2v) is 3.04. The summed E-state index contributed by atoms with van der Waals surface area (Å²) in [7, 11) is 0. The van der Waals surface area contributed by atoms with Crippen molar-refractivity contribution in [3.63, 3.8) is 0 Å². The first-order chi connectivity index (χ1) is 6.29. The summed E-state index contributed by atoms with van der Waals surface area (Å²) in [5.74, 6) is -0.704. The molecule has 0 rings (SSSR count). The highest BCUT2D eigenvalue weighted by molar-refractivity contribution is 5.50.